The first-order chi connectivity index (χ1) is 7.95. The topological polar surface area (TPSA) is 58.6 Å². The molecule has 3 amide bonds. The molecule has 0 unspecified atom stereocenters. The molecule has 0 aromatic carbocycles. The van der Waals surface area contributed by atoms with Crippen LogP contribution in [0.1, 0.15) is 33.6 Å². The van der Waals surface area contributed by atoms with E-state index in [4.69, 9.17) is 4.74 Å². The Morgan fingerprint density at radius 2 is 2.24 bits per heavy atom. The van der Waals surface area contributed by atoms with Crippen LogP contribution in [0.15, 0.2) is 0 Å². The minimum atomic E-state index is -0.768. The second kappa shape index (κ2) is 4.29. The van der Waals surface area contributed by atoms with E-state index < -0.39 is 5.54 Å². The number of nitrogens with zero attached hydrogens (tertiary/aromatic N) is 1. The number of carbonyl (C=O) groups excluding carboxylic acids is 2. The molecule has 2 heterocycles. The van der Waals surface area contributed by atoms with Crippen molar-refractivity contribution in [2.75, 3.05) is 13.2 Å². The van der Waals surface area contributed by atoms with E-state index >= 15 is 0 Å². The van der Waals surface area contributed by atoms with Crippen LogP contribution in [-0.4, -0.2) is 41.6 Å². The van der Waals surface area contributed by atoms with Crippen molar-refractivity contribution < 1.29 is 14.3 Å². The largest absolute Gasteiger partial charge is 0.376 e. The molecular weight excluding hydrogens is 220 g/mol. The zero-order valence-electron chi connectivity index (χ0n) is 10.7. The summed E-state index contributed by atoms with van der Waals surface area (Å²) in [4.78, 5) is 25.4. The first-order valence-electron chi connectivity index (χ1n) is 6.21. The number of rotatable bonds is 3. The lowest BCUT2D eigenvalue weighted by Gasteiger charge is -2.26. The van der Waals surface area contributed by atoms with Gasteiger partial charge in [0.1, 0.15) is 5.54 Å². The molecule has 2 aliphatic rings. The van der Waals surface area contributed by atoms with Gasteiger partial charge in [-0.05, 0) is 25.7 Å². The summed E-state index contributed by atoms with van der Waals surface area (Å²) >= 11 is 0. The van der Waals surface area contributed by atoms with Crippen LogP contribution < -0.4 is 5.32 Å². The number of nitrogens with one attached hydrogen (secondary N) is 1. The second-order valence-corrected chi connectivity index (χ2v) is 5.34. The lowest BCUT2D eigenvalue weighted by Crippen LogP contribution is -2.48. The molecule has 2 rings (SSSR count). The molecule has 2 atom stereocenters. The lowest BCUT2D eigenvalue weighted by atomic mass is 9.88. The minimum absolute atomic E-state index is 0.0132. The zero-order chi connectivity index (χ0) is 12.6. The standard InChI is InChI=1S/C12H20N2O3/c1-8(2)12(3)10(15)14(11(16)13-12)7-9-5-4-6-17-9/h8-9H,4-7H2,1-3H3,(H,13,16)/t9-,12+/m1/s1. The van der Waals surface area contributed by atoms with Crippen LogP contribution >= 0.6 is 0 Å². The van der Waals surface area contributed by atoms with Crippen LogP contribution in [0.5, 0.6) is 0 Å². The fourth-order valence-corrected chi connectivity index (χ4v) is 2.26. The Balaban J connectivity index is 2.08. The molecule has 0 spiro atoms. The molecule has 5 nitrogen and oxygen atoms in total. The van der Waals surface area contributed by atoms with Crippen molar-refractivity contribution in [3.63, 3.8) is 0 Å². The summed E-state index contributed by atoms with van der Waals surface area (Å²) in [5.41, 5.74) is -0.768. The highest BCUT2D eigenvalue weighted by molar-refractivity contribution is 6.06. The predicted octanol–water partition coefficient (Wildman–Crippen LogP) is 1.13. The fraction of sp³-hybridized carbons (Fsp3) is 0.833. The molecule has 2 aliphatic heterocycles. The second-order valence-electron chi connectivity index (χ2n) is 5.34. The Bertz CT molecular complexity index is 337. The van der Waals surface area contributed by atoms with Crippen molar-refractivity contribution in [1.82, 2.24) is 10.2 Å². The maximum Gasteiger partial charge on any atom is 0.325 e. The number of imide groups is 1. The summed E-state index contributed by atoms with van der Waals surface area (Å²) in [6.45, 7) is 6.78. The van der Waals surface area contributed by atoms with Crippen LogP contribution in [0, 0.1) is 5.92 Å². The van der Waals surface area contributed by atoms with Gasteiger partial charge < -0.3 is 10.1 Å². The molecule has 0 aliphatic carbocycles. The van der Waals surface area contributed by atoms with Crippen molar-refractivity contribution in [3.05, 3.63) is 0 Å². The third-order valence-corrected chi connectivity index (χ3v) is 3.87. The summed E-state index contributed by atoms with van der Waals surface area (Å²) in [7, 11) is 0. The summed E-state index contributed by atoms with van der Waals surface area (Å²) < 4.78 is 5.47. The Morgan fingerprint density at radius 1 is 1.53 bits per heavy atom. The van der Waals surface area contributed by atoms with Gasteiger partial charge in [0.15, 0.2) is 0 Å². The van der Waals surface area contributed by atoms with Gasteiger partial charge in [0, 0.05) is 6.61 Å². The van der Waals surface area contributed by atoms with E-state index in [1.165, 1.54) is 4.90 Å². The normalized spacial score (nSPS) is 33.6. The Kier molecular flexibility index (Phi) is 3.12. The smallest absolute Gasteiger partial charge is 0.325 e. The summed E-state index contributed by atoms with van der Waals surface area (Å²) in [5.74, 6) is -0.0542. The van der Waals surface area contributed by atoms with Crippen LogP contribution in [0.2, 0.25) is 0 Å². The molecule has 2 fully saturated rings. The van der Waals surface area contributed by atoms with Gasteiger partial charge in [-0.2, -0.15) is 0 Å². The average molecular weight is 240 g/mol. The van der Waals surface area contributed by atoms with E-state index in [9.17, 15) is 9.59 Å². The minimum Gasteiger partial charge on any atom is -0.376 e. The van der Waals surface area contributed by atoms with Gasteiger partial charge in [-0.15, -0.1) is 0 Å². The Morgan fingerprint density at radius 3 is 2.71 bits per heavy atom. The molecule has 0 aromatic heterocycles. The molecule has 0 aromatic rings. The molecule has 96 valence electrons. The van der Waals surface area contributed by atoms with Crippen molar-refractivity contribution >= 4 is 11.9 Å². The van der Waals surface area contributed by atoms with E-state index in [1.807, 2.05) is 13.8 Å². The van der Waals surface area contributed by atoms with E-state index in [0.717, 1.165) is 19.4 Å². The number of urea groups is 1. The maximum atomic E-state index is 12.3. The molecule has 1 N–H and O–H groups in total. The highest BCUT2D eigenvalue weighted by Crippen LogP contribution is 2.26. The van der Waals surface area contributed by atoms with Crippen LogP contribution in [0.4, 0.5) is 4.79 Å². The van der Waals surface area contributed by atoms with Gasteiger partial charge in [-0.1, -0.05) is 13.8 Å². The third-order valence-electron chi connectivity index (χ3n) is 3.87. The molecule has 0 saturated carbocycles. The van der Waals surface area contributed by atoms with Crippen molar-refractivity contribution in [2.45, 2.75) is 45.3 Å². The highest BCUT2D eigenvalue weighted by Gasteiger charge is 2.50. The number of hydrogen-bond acceptors (Lipinski definition) is 3. The SMILES string of the molecule is CC(C)[C@]1(C)NC(=O)N(C[C@H]2CCCO2)C1=O. The maximum absolute atomic E-state index is 12.3. The Hall–Kier alpha value is -1.10. The zero-order valence-corrected chi connectivity index (χ0v) is 10.7. The van der Waals surface area contributed by atoms with Crippen LogP contribution in [-0.2, 0) is 9.53 Å². The number of carbonyl (C=O) groups is 2. The molecule has 2 saturated heterocycles. The first kappa shape index (κ1) is 12.4. The molecule has 17 heavy (non-hydrogen) atoms. The van der Waals surface area contributed by atoms with Crippen molar-refractivity contribution in [3.8, 4) is 0 Å². The lowest BCUT2D eigenvalue weighted by molar-refractivity contribution is -0.133. The Labute approximate surface area is 101 Å². The van der Waals surface area contributed by atoms with E-state index in [1.54, 1.807) is 6.92 Å². The quantitative estimate of drug-likeness (QED) is 0.752. The van der Waals surface area contributed by atoms with Crippen molar-refractivity contribution in [1.29, 1.82) is 0 Å². The summed E-state index contributed by atoms with van der Waals surface area (Å²) in [5, 5.41) is 2.79. The monoisotopic (exact) mass is 240 g/mol. The number of hydrogen-bond donors (Lipinski definition) is 1. The van der Waals surface area contributed by atoms with Crippen LogP contribution in [0.25, 0.3) is 0 Å². The van der Waals surface area contributed by atoms with E-state index in [2.05, 4.69) is 5.32 Å². The first-order valence-corrected chi connectivity index (χ1v) is 6.21. The van der Waals surface area contributed by atoms with Gasteiger partial charge in [-0.25, -0.2) is 4.79 Å². The van der Waals surface area contributed by atoms with Gasteiger partial charge in [0.2, 0.25) is 0 Å². The number of ether oxygens (including phenoxy) is 1. The highest BCUT2D eigenvalue weighted by atomic mass is 16.5. The van der Waals surface area contributed by atoms with E-state index in [0.29, 0.717) is 6.54 Å². The molecule has 5 heteroatoms. The van der Waals surface area contributed by atoms with Gasteiger partial charge in [0.05, 0.1) is 12.6 Å². The summed E-state index contributed by atoms with van der Waals surface area (Å²) in [6, 6.07) is -0.290. The predicted molar refractivity (Wildman–Crippen MR) is 62.5 cm³/mol. The van der Waals surface area contributed by atoms with Gasteiger partial charge >= 0.3 is 6.03 Å². The van der Waals surface area contributed by atoms with E-state index in [-0.39, 0.29) is 24.0 Å². The fourth-order valence-electron chi connectivity index (χ4n) is 2.26. The van der Waals surface area contributed by atoms with Gasteiger partial charge in [-0.3, -0.25) is 9.69 Å². The average Bonchev–Trinajstić information content (AvgIpc) is 2.82. The molecule has 0 bridgehead atoms. The molecular formula is C12H20N2O3. The van der Waals surface area contributed by atoms with Crippen LogP contribution in [0.3, 0.4) is 0 Å². The van der Waals surface area contributed by atoms with Crippen molar-refractivity contribution in [2.24, 2.45) is 5.92 Å². The third kappa shape index (κ3) is 2.04. The number of amides is 3. The molecule has 0 radical (unpaired) electrons. The summed E-state index contributed by atoms with van der Waals surface area (Å²) in [6.07, 6.45) is 1.95. The van der Waals surface area contributed by atoms with Gasteiger partial charge in [0.25, 0.3) is 5.91 Å².